The minimum absolute atomic E-state index is 0.0840. The van der Waals surface area contributed by atoms with E-state index < -0.39 is 34.3 Å². The highest BCUT2D eigenvalue weighted by molar-refractivity contribution is 5.94. The minimum Gasteiger partial charge on any atom is -0.287 e. The molecule has 1 fully saturated rings. The zero-order chi connectivity index (χ0) is 19.3. The molecule has 1 atom stereocenters. The number of halogens is 3. The summed E-state index contributed by atoms with van der Waals surface area (Å²) in [6.45, 7) is 3.03. The smallest absolute Gasteiger partial charge is 0.287 e. The molecule has 0 bridgehead atoms. The molecule has 9 heteroatoms. The van der Waals surface area contributed by atoms with E-state index in [0.29, 0.717) is 5.39 Å². The molecule has 1 N–H and O–H groups in total. The van der Waals surface area contributed by atoms with E-state index in [4.69, 9.17) is 0 Å². The second kappa shape index (κ2) is 5.94. The lowest BCUT2D eigenvalue weighted by atomic mass is 9.93. The Morgan fingerprint density at radius 1 is 1.23 bits per heavy atom. The standard InChI is InChI=1S/C17H16F3N3O3/c1-16(2)9-13(24)21-22(16)15(17(18,19)20)11-7-3-5-10-6-4-8-12(14(10)11)23(25)26/h3-8,15H,9H2,1-2H3,(H,21,24). The number of rotatable bonds is 3. The van der Waals surface area contributed by atoms with Crippen molar-refractivity contribution in [1.82, 2.24) is 10.4 Å². The number of nitrogens with one attached hydrogen (secondary N) is 1. The maximum Gasteiger partial charge on any atom is 0.409 e. The number of benzene rings is 2. The Kier molecular flexibility index (Phi) is 4.14. The van der Waals surface area contributed by atoms with Crippen LogP contribution in [0, 0.1) is 10.1 Å². The van der Waals surface area contributed by atoms with Crippen LogP contribution in [0.4, 0.5) is 18.9 Å². The number of fused-ring (bicyclic) bond motifs is 1. The molecule has 6 nitrogen and oxygen atoms in total. The molecule has 1 heterocycles. The number of carbonyl (C=O) groups is 1. The van der Waals surface area contributed by atoms with Gasteiger partial charge >= 0.3 is 6.18 Å². The second-order valence-electron chi connectivity index (χ2n) is 6.82. The molecule has 1 aliphatic heterocycles. The molecule has 1 amide bonds. The van der Waals surface area contributed by atoms with Crippen molar-refractivity contribution in [1.29, 1.82) is 0 Å². The molecule has 26 heavy (non-hydrogen) atoms. The first-order valence-corrected chi connectivity index (χ1v) is 7.84. The number of non-ortho nitro benzene ring substituents is 1. The van der Waals surface area contributed by atoms with Crippen LogP contribution >= 0.6 is 0 Å². The van der Waals surface area contributed by atoms with Gasteiger partial charge in [-0.2, -0.15) is 18.2 Å². The number of hydrogen-bond donors (Lipinski definition) is 1. The quantitative estimate of drug-likeness (QED) is 0.660. The van der Waals surface area contributed by atoms with Gasteiger partial charge in [0.2, 0.25) is 5.91 Å². The molecule has 3 rings (SSSR count). The lowest BCUT2D eigenvalue weighted by Crippen LogP contribution is -2.51. The number of amides is 1. The topological polar surface area (TPSA) is 75.5 Å². The molecule has 0 spiro atoms. The predicted molar refractivity (Wildman–Crippen MR) is 88.1 cm³/mol. The van der Waals surface area contributed by atoms with E-state index in [0.717, 1.165) is 5.01 Å². The van der Waals surface area contributed by atoms with Crippen molar-refractivity contribution >= 4 is 22.4 Å². The van der Waals surface area contributed by atoms with Crippen LogP contribution in [0.5, 0.6) is 0 Å². The summed E-state index contributed by atoms with van der Waals surface area (Å²) in [6, 6.07) is 6.06. The first-order chi connectivity index (χ1) is 12.0. The van der Waals surface area contributed by atoms with E-state index in [-0.39, 0.29) is 17.4 Å². The normalized spacial score (nSPS) is 18.7. The summed E-state index contributed by atoms with van der Waals surface area (Å²) in [6.07, 6.45) is -4.86. The summed E-state index contributed by atoms with van der Waals surface area (Å²) in [5, 5.41) is 12.5. The molecular weight excluding hydrogens is 351 g/mol. The molecule has 1 aliphatic rings. The molecular formula is C17H16F3N3O3. The van der Waals surface area contributed by atoms with Gasteiger partial charge in [-0.15, -0.1) is 0 Å². The summed E-state index contributed by atoms with van der Waals surface area (Å²) >= 11 is 0. The van der Waals surface area contributed by atoms with Crippen LogP contribution in [0.1, 0.15) is 31.9 Å². The third-order valence-electron chi connectivity index (χ3n) is 4.46. The number of carbonyl (C=O) groups excluding carboxylic acids is 1. The van der Waals surface area contributed by atoms with E-state index >= 15 is 0 Å². The molecule has 0 aromatic heterocycles. The van der Waals surface area contributed by atoms with Crippen LogP contribution in [-0.2, 0) is 4.79 Å². The maximum absolute atomic E-state index is 14.0. The fraction of sp³-hybridized carbons (Fsp3) is 0.353. The van der Waals surface area contributed by atoms with Gasteiger partial charge in [-0.25, -0.2) is 0 Å². The number of nitro benzene ring substituents is 1. The van der Waals surface area contributed by atoms with Gasteiger partial charge in [-0.05, 0) is 24.8 Å². The van der Waals surface area contributed by atoms with Gasteiger partial charge in [0.25, 0.3) is 5.69 Å². The number of alkyl halides is 3. The van der Waals surface area contributed by atoms with Crippen LogP contribution in [0.3, 0.4) is 0 Å². The van der Waals surface area contributed by atoms with E-state index in [9.17, 15) is 28.1 Å². The monoisotopic (exact) mass is 367 g/mol. The Morgan fingerprint density at radius 3 is 2.35 bits per heavy atom. The Hall–Kier alpha value is -2.68. The first kappa shape index (κ1) is 18.1. The SMILES string of the molecule is CC1(C)CC(=O)NN1C(c1cccc2cccc([N+](=O)[O-])c12)C(F)(F)F. The molecule has 0 aliphatic carbocycles. The molecule has 1 saturated heterocycles. The fourth-order valence-electron chi connectivity index (χ4n) is 3.41. The number of hydrogen-bond acceptors (Lipinski definition) is 4. The van der Waals surface area contributed by atoms with E-state index in [2.05, 4.69) is 5.43 Å². The predicted octanol–water partition coefficient (Wildman–Crippen LogP) is 3.87. The Bertz CT molecular complexity index is 890. The van der Waals surface area contributed by atoms with Gasteiger partial charge in [0.1, 0.15) is 0 Å². The van der Waals surface area contributed by atoms with Crippen LogP contribution in [-0.4, -0.2) is 27.6 Å². The Balaban J connectivity index is 2.30. The van der Waals surface area contributed by atoms with Crippen molar-refractivity contribution in [3.05, 3.63) is 52.1 Å². The Morgan fingerprint density at radius 2 is 1.85 bits per heavy atom. The molecule has 0 radical (unpaired) electrons. The highest BCUT2D eigenvalue weighted by atomic mass is 19.4. The van der Waals surface area contributed by atoms with Crippen LogP contribution in [0.25, 0.3) is 10.8 Å². The summed E-state index contributed by atoms with van der Waals surface area (Å²) in [5.74, 6) is -0.529. The van der Waals surface area contributed by atoms with Gasteiger partial charge in [0.05, 0.1) is 10.3 Å². The van der Waals surface area contributed by atoms with Crippen molar-refractivity contribution in [2.24, 2.45) is 0 Å². The van der Waals surface area contributed by atoms with Crippen molar-refractivity contribution < 1.29 is 22.9 Å². The van der Waals surface area contributed by atoms with Gasteiger partial charge in [-0.1, -0.05) is 30.3 Å². The first-order valence-electron chi connectivity index (χ1n) is 7.84. The molecule has 2 aromatic rings. The summed E-state index contributed by atoms with van der Waals surface area (Å²) < 4.78 is 42.1. The van der Waals surface area contributed by atoms with Gasteiger partial charge in [0, 0.05) is 18.0 Å². The van der Waals surface area contributed by atoms with Gasteiger partial charge < -0.3 is 0 Å². The third kappa shape index (κ3) is 2.98. The highest BCUT2D eigenvalue weighted by Gasteiger charge is 2.53. The van der Waals surface area contributed by atoms with Crippen molar-refractivity contribution in [3.8, 4) is 0 Å². The Labute approximate surface area is 146 Å². The second-order valence-corrected chi connectivity index (χ2v) is 6.82. The number of nitro groups is 1. The van der Waals surface area contributed by atoms with Crippen molar-refractivity contribution in [2.45, 2.75) is 38.0 Å². The van der Waals surface area contributed by atoms with E-state index in [1.165, 1.54) is 50.2 Å². The van der Waals surface area contributed by atoms with E-state index in [1.807, 2.05) is 0 Å². The van der Waals surface area contributed by atoms with Crippen molar-refractivity contribution in [3.63, 3.8) is 0 Å². The average Bonchev–Trinajstić information content (AvgIpc) is 2.78. The van der Waals surface area contributed by atoms with Gasteiger partial charge in [0.15, 0.2) is 6.04 Å². The fourth-order valence-corrected chi connectivity index (χ4v) is 3.41. The molecule has 1 unspecified atom stereocenters. The zero-order valence-electron chi connectivity index (χ0n) is 14.0. The third-order valence-corrected chi connectivity index (χ3v) is 4.46. The van der Waals surface area contributed by atoms with Crippen molar-refractivity contribution in [2.75, 3.05) is 0 Å². The van der Waals surface area contributed by atoms with Crippen LogP contribution in [0.15, 0.2) is 36.4 Å². The summed E-state index contributed by atoms with van der Waals surface area (Å²) in [7, 11) is 0. The zero-order valence-corrected chi connectivity index (χ0v) is 14.0. The largest absolute Gasteiger partial charge is 0.409 e. The average molecular weight is 367 g/mol. The summed E-state index contributed by atoms with van der Waals surface area (Å²) in [5.41, 5.74) is 0.486. The molecule has 2 aromatic carbocycles. The lowest BCUT2D eigenvalue weighted by molar-refractivity contribution is -0.383. The van der Waals surface area contributed by atoms with Crippen LogP contribution < -0.4 is 5.43 Å². The van der Waals surface area contributed by atoms with Crippen LogP contribution in [0.2, 0.25) is 0 Å². The highest BCUT2D eigenvalue weighted by Crippen LogP contribution is 2.46. The molecule has 138 valence electrons. The maximum atomic E-state index is 14.0. The van der Waals surface area contributed by atoms with E-state index in [1.54, 1.807) is 0 Å². The minimum atomic E-state index is -4.76. The summed E-state index contributed by atoms with van der Waals surface area (Å²) in [4.78, 5) is 22.4. The number of hydrazine groups is 1. The number of nitrogens with zero attached hydrogens (tertiary/aromatic N) is 2. The van der Waals surface area contributed by atoms with Gasteiger partial charge in [-0.3, -0.25) is 20.3 Å². The molecule has 0 saturated carbocycles. The lowest BCUT2D eigenvalue weighted by Gasteiger charge is -2.38.